The van der Waals surface area contributed by atoms with Crippen molar-refractivity contribution in [3.63, 3.8) is 0 Å². The number of anilines is 1. The minimum Gasteiger partial charge on any atom is -0.363 e. The Labute approximate surface area is 165 Å². The first kappa shape index (κ1) is 21.1. The van der Waals surface area contributed by atoms with Crippen LogP contribution >= 0.6 is 23.2 Å². The zero-order valence-corrected chi connectivity index (χ0v) is 18.1. The van der Waals surface area contributed by atoms with Gasteiger partial charge in [-0.15, -0.1) is 0 Å². The molecule has 1 N–H and O–H groups in total. The summed E-state index contributed by atoms with van der Waals surface area (Å²) >= 11 is 12.0. The number of benzene rings is 1. The van der Waals surface area contributed by atoms with Crippen molar-refractivity contribution in [2.75, 3.05) is 5.32 Å². The minimum absolute atomic E-state index is 0.0535. The summed E-state index contributed by atoms with van der Waals surface area (Å²) < 4.78 is 30.5. The van der Waals surface area contributed by atoms with E-state index in [9.17, 15) is 8.42 Å². The van der Waals surface area contributed by atoms with Crippen molar-refractivity contribution in [3.05, 3.63) is 40.1 Å². The molecule has 1 heterocycles. The van der Waals surface area contributed by atoms with Crippen LogP contribution in [0.2, 0.25) is 10.0 Å². The summed E-state index contributed by atoms with van der Waals surface area (Å²) in [4.78, 5) is 0.0535. The van der Waals surface area contributed by atoms with E-state index in [1.54, 1.807) is 26.8 Å². The van der Waals surface area contributed by atoms with Crippen LogP contribution in [0.1, 0.15) is 47.3 Å². The summed E-state index contributed by atoms with van der Waals surface area (Å²) in [5.74, 6) is 1.21. The Hall–Kier alpha value is -1.24. The third kappa shape index (κ3) is 4.02. The van der Waals surface area contributed by atoms with Crippen molar-refractivity contribution in [2.45, 2.75) is 62.6 Å². The van der Waals surface area contributed by atoms with E-state index in [1.165, 1.54) is 18.2 Å². The third-order valence-corrected chi connectivity index (χ3v) is 7.87. The number of hydrogen-bond donors (Lipinski definition) is 1. The molecule has 0 saturated carbocycles. The average molecular weight is 419 g/mol. The van der Waals surface area contributed by atoms with Crippen LogP contribution in [-0.4, -0.2) is 24.4 Å². The Morgan fingerprint density at radius 1 is 1.12 bits per heavy atom. The van der Waals surface area contributed by atoms with Gasteiger partial charge in [-0.25, -0.2) is 8.42 Å². The second kappa shape index (κ2) is 7.06. The molecule has 0 aliphatic heterocycles. The molecule has 5 nitrogen and oxygen atoms in total. The first-order valence-corrected chi connectivity index (χ1v) is 10.4. The molecule has 26 heavy (non-hydrogen) atoms. The molecule has 0 fully saturated rings. The van der Waals surface area contributed by atoms with E-state index in [0.29, 0.717) is 16.6 Å². The zero-order valence-electron chi connectivity index (χ0n) is 15.7. The van der Waals surface area contributed by atoms with E-state index in [0.717, 1.165) is 0 Å². The monoisotopic (exact) mass is 418 g/mol. The van der Waals surface area contributed by atoms with Crippen molar-refractivity contribution in [1.29, 1.82) is 0 Å². The van der Waals surface area contributed by atoms with E-state index in [-0.39, 0.29) is 15.3 Å². The lowest BCUT2D eigenvalue weighted by Gasteiger charge is -2.32. The number of nitrogens with zero attached hydrogens (tertiary/aromatic N) is 1. The molecule has 2 aromatic rings. The van der Waals surface area contributed by atoms with Gasteiger partial charge in [-0.05, 0) is 39.0 Å². The highest BCUT2D eigenvalue weighted by Crippen LogP contribution is 2.35. The van der Waals surface area contributed by atoms with Gasteiger partial charge in [0.05, 0.1) is 14.7 Å². The van der Waals surface area contributed by atoms with Crippen LogP contribution in [0.4, 0.5) is 5.82 Å². The van der Waals surface area contributed by atoms with Gasteiger partial charge in [-0.1, -0.05) is 49.1 Å². The number of halogens is 2. The van der Waals surface area contributed by atoms with Crippen molar-refractivity contribution >= 4 is 38.9 Å². The summed E-state index contributed by atoms with van der Waals surface area (Å²) in [6, 6.07) is 5.70. The molecule has 0 saturated heterocycles. The van der Waals surface area contributed by atoms with E-state index in [4.69, 9.17) is 27.7 Å². The smallest absolute Gasteiger partial charge is 0.186 e. The van der Waals surface area contributed by atoms with Gasteiger partial charge in [0.2, 0.25) is 0 Å². The Kier molecular flexibility index (Phi) is 5.72. The maximum absolute atomic E-state index is 13.2. The van der Waals surface area contributed by atoms with Crippen molar-refractivity contribution in [1.82, 2.24) is 5.16 Å². The zero-order chi connectivity index (χ0) is 19.9. The van der Waals surface area contributed by atoms with Crippen molar-refractivity contribution < 1.29 is 12.9 Å². The van der Waals surface area contributed by atoms with Crippen molar-refractivity contribution in [2.24, 2.45) is 0 Å². The van der Waals surface area contributed by atoms with E-state index >= 15 is 0 Å². The van der Waals surface area contributed by atoms with Gasteiger partial charge in [0.15, 0.2) is 15.7 Å². The number of hydrogen-bond acceptors (Lipinski definition) is 5. The number of aromatic nitrogens is 1. The molecule has 144 valence electrons. The quantitative estimate of drug-likeness (QED) is 0.709. The second-order valence-electron chi connectivity index (χ2n) is 7.87. The van der Waals surface area contributed by atoms with Crippen LogP contribution in [0.5, 0.6) is 0 Å². The lowest BCUT2D eigenvalue weighted by atomic mass is 9.93. The summed E-state index contributed by atoms with van der Waals surface area (Å²) in [6.45, 7) is 11.1. The van der Waals surface area contributed by atoms with Crippen molar-refractivity contribution in [3.8, 4) is 0 Å². The molecule has 1 aromatic heterocycles. The fourth-order valence-electron chi connectivity index (χ4n) is 2.30. The topological polar surface area (TPSA) is 72.2 Å². The molecule has 0 spiro atoms. The maximum atomic E-state index is 13.2. The Morgan fingerprint density at radius 2 is 1.73 bits per heavy atom. The molecule has 1 atom stereocenters. The van der Waals surface area contributed by atoms with Gasteiger partial charge in [0.25, 0.3) is 0 Å². The third-order valence-electron chi connectivity index (χ3n) is 4.53. The molecule has 8 heteroatoms. The molecule has 0 aliphatic rings. The Balaban J connectivity index is 2.31. The summed E-state index contributed by atoms with van der Waals surface area (Å²) in [5.41, 5.74) is -0.186. The summed E-state index contributed by atoms with van der Waals surface area (Å²) in [7, 11) is -3.74. The Bertz CT molecular complexity index is 899. The largest absolute Gasteiger partial charge is 0.363 e. The van der Waals surface area contributed by atoms with Gasteiger partial charge in [0, 0.05) is 22.5 Å². The maximum Gasteiger partial charge on any atom is 0.186 e. The average Bonchev–Trinajstić information content (AvgIpc) is 2.95. The van der Waals surface area contributed by atoms with E-state index < -0.39 is 20.6 Å². The summed E-state index contributed by atoms with van der Waals surface area (Å²) in [6.07, 6.45) is 0. The fraction of sp³-hybridized carbons (Fsp3) is 0.500. The summed E-state index contributed by atoms with van der Waals surface area (Å²) in [5, 5.41) is 7.61. The van der Waals surface area contributed by atoms with E-state index in [2.05, 4.69) is 10.5 Å². The van der Waals surface area contributed by atoms with Crippen LogP contribution in [0.15, 0.2) is 33.7 Å². The van der Waals surface area contributed by atoms with Gasteiger partial charge < -0.3 is 9.84 Å². The van der Waals surface area contributed by atoms with Gasteiger partial charge in [-0.3, -0.25) is 0 Å². The minimum atomic E-state index is -3.74. The number of rotatable bonds is 5. The lowest BCUT2D eigenvalue weighted by molar-refractivity contribution is 0.330. The predicted molar refractivity (Wildman–Crippen MR) is 106 cm³/mol. The molecule has 1 unspecified atom stereocenters. The highest BCUT2D eigenvalue weighted by Gasteiger charge is 2.42. The van der Waals surface area contributed by atoms with Gasteiger partial charge in [-0.2, -0.15) is 0 Å². The fourth-order valence-corrected chi connectivity index (χ4v) is 4.67. The normalized spacial score (nSPS) is 14.3. The first-order valence-electron chi connectivity index (χ1n) is 8.20. The van der Waals surface area contributed by atoms with Gasteiger partial charge >= 0.3 is 0 Å². The molecule has 2 rings (SSSR count). The molecule has 1 aromatic carbocycles. The molecule has 0 aliphatic carbocycles. The van der Waals surface area contributed by atoms with Crippen LogP contribution in [0.3, 0.4) is 0 Å². The number of sulfone groups is 1. The second-order valence-corrected chi connectivity index (χ2v) is 11.2. The highest BCUT2D eigenvalue weighted by molar-refractivity contribution is 7.93. The lowest BCUT2D eigenvalue weighted by Crippen LogP contribution is -2.46. The molecule has 0 amide bonds. The van der Waals surface area contributed by atoms with E-state index in [1.807, 2.05) is 20.8 Å². The molecular weight excluding hydrogens is 395 g/mol. The predicted octanol–water partition coefficient (Wildman–Crippen LogP) is 5.33. The number of nitrogens with one attached hydrogen (secondary N) is 1. The molecular formula is C18H24Cl2N2O3S. The van der Waals surface area contributed by atoms with Gasteiger partial charge in [0.1, 0.15) is 5.76 Å². The molecule has 0 radical (unpaired) electrons. The SMILES string of the molecule is CC(Nc1cc(C(C)(C)C)on1)C(C)(C)S(=O)(=O)c1ccc(Cl)cc1Cl. The Morgan fingerprint density at radius 3 is 2.23 bits per heavy atom. The van der Waals surface area contributed by atoms with Crippen LogP contribution < -0.4 is 5.32 Å². The van der Waals surface area contributed by atoms with Crippen LogP contribution in [0.25, 0.3) is 0 Å². The molecule has 0 bridgehead atoms. The standard InChI is InChI=1S/C18H24Cl2N2O3S/c1-11(21-16-10-15(25-22-16)17(2,3)4)18(5,6)26(23,24)14-8-7-12(19)9-13(14)20/h7-11H,1-6H3,(H,21,22). The van der Waals surface area contributed by atoms with Crippen LogP contribution in [-0.2, 0) is 15.3 Å². The first-order chi connectivity index (χ1) is 11.8. The van der Waals surface area contributed by atoms with Crippen LogP contribution in [0, 0.1) is 0 Å². The highest BCUT2D eigenvalue weighted by atomic mass is 35.5.